The molecule has 0 fully saturated rings. The van der Waals surface area contributed by atoms with E-state index >= 15 is 0 Å². The van der Waals surface area contributed by atoms with E-state index in [4.69, 9.17) is 34.8 Å². The highest BCUT2D eigenvalue weighted by Gasteiger charge is 2.02. The van der Waals surface area contributed by atoms with Crippen LogP contribution >= 0.6 is 34.8 Å². The molecule has 0 saturated carbocycles. The first kappa shape index (κ1) is 15.1. The number of halogens is 3. The van der Waals surface area contributed by atoms with E-state index in [2.05, 4.69) is 15.5 Å². The fourth-order valence-electron chi connectivity index (χ4n) is 1.99. The van der Waals surface area contributed by atoms with Gasteiger partial charge in [0.05, 0.1) is 27.5 Å². The molecule has 1 heterocycles. The SMILES string of the molecule is Clc1ccc2c(NN=Cc3ccc(Cl)c(Cl)c3)ccnc2c1. The summed E-state index contributed by atoms with van der Waals surface area (Å²) >= 11 is 17.8. The Kier molecular flexibility index (Phi) is 4.48. The number of rotatable bonds is 3. The summed E-state index contributed by atoms with van der Waals surface area (Å²) in [6, 6.07) is 12.7. The summed E-state index contributed by atoms with van der Waals surface area (Å²) in [7, 11) is 0. The summed E-state index contributed by atoms with van der Waals surface area (Å²) in [5.74, 6) is 0. The summed E-state index contributed by atoms with van der Waals surface area (Å²) < 4.78 is 0. The summed E-state index contributed by atoms with van der Waals surface area (Å²) in [6.45, 7) is 0. The van der Waals surface area contributed by atoms with Crippen molar-refractivity contribution in [2.24, 2.45) is 5.10 Å². The maximum Gasteiger partial charge on any atom is 0.0738 e. The van der Waals surface area contributed by atoms with E-state index < -0.39 is 0 Å². The molecule has 3 rings (SSSR count). The number of hydrazone groups is 1. The first-order chi connectivity index (χ1) is 10.6. The lowest BCUT2D eigenvalue weighted by atomic mass is 10.2. The van der Waals surface area contributed by atoms with Gasteiger partial charge in [-0.05, 0) is 42.0 Å². The van der Waals surface area contributed by atoms with Crippen LogP contribution < -0.4 is 5.43 Å². The van der Waals surface area contributed by atoms with E-state index in [-0.39, 0.29) is 0 Å². The highest BCUT2D eigenvalue weighted by molar-refractivity contribution is 6.42. The van der Waals surface area contributed by atoms with Gasteiger partial charge >= 0.3 is 0 Å². The van der Waals surface area contributed by atoms with Gasteiger partial charge < -0.3 is 0 Å². The first-order valence-electron chi connectivity index (χ1n) is 6.42. The van der Waals surface area contributed by atoms with Crippen LogP contribution in [0, 0.1) is 0 Å². The number of benzene rings is 2. The van der Waals surface area contributed by atoms with Crippen LogP contribution in [0.1, 0.15) is 5.56 Å². The standard InChI is InChI=1S/C16H10Cl3N3/c17-11-2-3-12-15(5-6-20-16(12)8-11)22-21-9-10-1-4-13(18)14(19)7-10/h1-9H,(H,20,22). The van der Waals surface area contributed by atoms with Crippen molar-refractivity contribution in [3.8, 4) is 0 Å². The van der Waals surface area contributed by atoms with Crippen molar-refractivity contribution in [3.05, 3.63) is 69.3 Å². The van der Waals surface area contributed by atoms with E-state index in [9.17, 15) is 0 Å². The van der Waals surface area contributed by atoms with Crippen molar-refractivity contribution >= 4 is 57.6 Å². The van der Waals surface area contributed by atoms with E-state index in [1.165, 1.54) is 0 Å². The van der Waals surface area contributed by atoms with Gasteiger partial charge in [0.1, 0.15) is 0 Å². The van der Waals surface area contributed by atoms with Gasteiger partial charge in [-0.15, -0.1) is 0 Å². The minimum Gasteiger partial charge on any atom is -0.278 e. The van der Waals surface area contributed by atoms with Gasteiger partial charge in [0, 0.05) is 16.6 Å². The molecule has 0 saturated heterocycles. The van der Waals surface area contributed by atoms with Crippen LogP contribution in [0.2, 0.25) is 15.1 Å². The molecule has 1 N–H and O–H groups in total. The topological polar surface area (TPSA) is 37.3 Å². The highest BCUT2D eigenvalue weighted by Crippen LogP contribution is 2.24. The van der Waals surface area contributed by atoms with Crippen molar-refractivity contribution in [1.29, 1.82) is 0 Å². The summed E-state index contributed by atoms with van der Waals surface area (Å²) in [5, 5.41) is 6.82. The number of nitrogens with one attached hydrogen (secondary N) is 1. The first-order valence-corrected chi connectivity index (χ1v) is 7.55. The van der Waals surface area contributed by atoms with Gasteiger partial charge in [0.15, 0.2) is 0 Å². The zero-order valence-electron chi connectivity index (χ0n) is 11.2. The Bertz CT molecular complexity index is 862. The Morgan fingerprint density at radius 2 is 1.82 bits per heavy atom. The van der Waals surface area contributed by atoms with Gasteiger partial charge in [0.2, 0.25) is 0 Å². The number of hydrogen-bond acceptors (Lipinski definition) is 3. The molecule has 0 atom stereocenters. The number of pyridine rings is 1. The lowest BCUT2D eigenvalue weighted by Crippen LogP contribution is -1.93. The van der Waals surface area contributed by atoms with Crippen LogP contribution in [-0.4, -0.2) is 11.2 Å². The molecule has 0 aliphatic heterocycles. The zero-order valence-corrected chi connectivity index (χ0v) is 13.5. The minimum absolute atomic E-state index is 0.495. The average molecular weight is 351 g/mol. The highest BCUT2D eigenvalue weighted by atomic mass is 35.5. The monoisotopic (exact) mass is 349 g/mol. The van der Waals surface area contributed by atoms with Gasteiger partial charge in [0.25, 0.3) is 0 Å². The molecular formula is C16H10Cl3N3. The molecule has 0 radical (unpaired) electrons. The Hall–Kier alpha value is -1.81. The molecule has 1 aromatic heterocycles. The van der Waals surface area contributed by atoms with Crippen molar-refractivity contribution in [3.63, 3.8) is 0 Å². The number of nitrogens with zero attached hydrogens (tertiary/aromatic N) is 2. The van der Waals surface area contributed by atoms with Gasteiger partial charge in [-0.3, -0.25) is 10.4 Å². The quantitative estimate of drug-likeness (QED) is 0.490. The second-order valence-corrected chi connectivity index (χ2v) is 5.81. The lowest BCUT2D eigenvalue weighted by molar-refractivity contribution is 1.33. The molecule has 22 heavy (non-hydrogen) atoms. The van der Waals surface area contributed by atoms with Crippen molar-refractivity contribution in [1.82, 2.24) is 4.98 Å². The van der Waals surface area contributed by atoms with Crippen LogP contribution in [-0.2, 0) is 0 Å². The number of hydrogen-bond donors (Lipinski definition) is 1. The van der Waals surface area contributed by atoms with Crippen molar-refractivity contribution in [2.45, 2.75) is 0 Å². The Labute approximate surface area is 142 Å². The molecule has 0 spiro atoms. The largest absolute Gasteiger partial charge is 0.278 e. The summed E-state index contributed by atoms with van der Waals surface area (Å²) in [6.07, 6.45) is 3.38. The minimum atomic E-state index is 0.495. The Morgan fingerprint density at radius 1 is 0.955 bits per heavy atom. The molecule has 3 aromatic rings. The summed E-state index contributed by atoms with van der Waals surface area (Å²) in [4.78, 5) is 4.28. The van der Waals surface area contributed by atoms with Crippen LogP contribution in [0.4, 0.5) is 5.69 Å². The summed E-state index contributed by atoms with van der Waals surface area (Å²) in [5.41, 5.74) is 5.50. The lowest BCUT2D eigenvalue weighted by Gasteiger charge is -2.05. The fourth-order valence-corrected chi connectivity index (χ4v) is 2.46. The number of fused-ring (bicyclic) bond motifs is 1. The van der Waals surface area contributed by atoms with E-state index in [1.807, 2.05) is 30.3 Å². The van der Waals surface area contributed by atoms with Crippen LogP contribution in [0.15, 0.2) is 53.8 Å². The molecule has 0 aliphatic rings. The van der Waals surface area contributed by atoms with Crippen LogP contribution in [0.25, 0.3) is 10.9 Å². The van der Waals surface area contributed by atoms with Crippen molar-refractivity contribution in [2.75, 3.05) is 5.43 Å². The average Bonchev–Trinajstić information content (AvgIpc) is 2.50. The third kappa shape index (κ3) is 3.33. The maximum absolute atomic E-state index is 5.97. The predicted octanol–water partition coefficient (Wildman–Crippen LogP) is 5.64. The second kappa shape index (κ2) is 6.53. The van der Waals surface area contributed by atoms with Gasteiger partial charge in [-0.1, -0.05) is 40.9 Å². The number of aromatic nitrogens is 1. The molecular weight excluding hydrogens is 341 g/mol. The molecule has 0 amide bonds. The van der Waals surface area contributed by atoms with Crippen molar-refractivity contribution < 1.29 is 0 Å². The molecule has 0 aliphatic carbocycles. The Morgan fingerprint density at radius 3 is 2.64 bits per heavy atom. The van der Waals surface area contributed by atoms with Crippen LogP contribution in [0.3, 0.4) is 0 Å². The maximum atomic E-state index is 5.97. The Balaban J connectivity index is 1.84. The van der Waals surface area contributed by atoms with Gasteiger partial charge in [-0.25, -0.2) is 0 Å². The smallest absolute Gasteiger partial charge is 0.0738 e. The third-order valence-corrected chi connectivity index (χ3v) is 4.02. The van der Waals surface area contributed by atoms with E-state index in [0.29, 0.717) is 15.1 Å². The van der Waals surface area contributed by atoms with Gasteiger partial charge in [-0.2, -0.15) is 5.10 Å². The molecule has 2 aromatic carbocycles. The van der Waals surface area contributed by atoms with E-state index in [1.54, 1.807) is 24.5 Å². The molecule has 0 bridgehead atoms. The molecule has 110 valence electrons. The third-order valence-electron chi connectivity index (χ3n) is 3.05. The number of anilines is 1. The van der Waals surface area contributed by atoms with Crippen LogP contribution in [0.5, 0.6) is 0 Å². The normalized spacial score (nSPS) is 11.2. The molecule has 3 nitrogen and oxygen atoms in total. The molecule has 6 heteroatoms. The zero-order chi connectivity index (χ0) is 15.5. The fraction of sp³-hybridized carbons (Fsp3) is 0. The predicted molar refractivity (Wildman–Crippen MR) is 94.4 cm³/mol. The van der Waals surface area contributed by atoms with E-state index in [0.717, 1.165) is 22.2 Å². The second-order valence-electron chi connectivity index (χ2n) is 4.56. The molecule has 0 unspecified atom stereocenters.